The Kier molecular flexibility index (Phi) is 9.04. The van der Waals surface area contributed by atoms with Crippen LogP contribution in [-0.4, -0.2) is 25.7 Å². The van der Waals surface area contributed by atoms with E-state index in [1.54, 1.807) is 18.2 Å². The van der Waals surface area contributed by atoms with Crippen molar-refractivity contribution < 1.29 is 14.3 Å². The Morgan fingerprint density at radius 1 is 1.13 bits per heavy atom. The van der Waals surface area contributed by atoms with Crippen LogP contribution in [0.3, 0.4) is 0 Å². The van der Waals surface area contributed by atoms with Gasteiger partial charge in [-0.1, -0.05) is 23.7 Å². The van der Waals surface area contributed by atoms with Crippen molar-refractivity contribution in [2.24, 2.45) is 0 Å². The first-order valence-corrected chi connectivity index (χ1v) is 10.2. The number of hydrogen-bond acceptors (Lipinski definition) is 5. The van der Waals surface area contributed by atoms with E-state index < -0.39 is 5.91 Å². The second kappa shape index (κ2) is 11.7. The molecule has 158 valence electrons. The lowest BCUT2D eigenvalue weighted by atomic mass is 10.1. The van der Waals surface area contributed by atoms with Gasteiger partial charge in [-0.2, -0.15) is 5.26 Å². The van der Waals surface area contributed by atoms with Crippen LogP contribution < -0.4 is 20.1 Å². The van der Waals surface area contributed by atoms with Crippen LogP contribution in [-0.2, 0) is 11.2 Å². The Labute approximate surface area is 182 Å². The summed E-state index contributed by atoms with van der Waals surface area (Å²) in [5.74, 6) is 0.937. The second-order valence-electron chi connectivity index (χ2n) is 6.43. The average molecular weight is 428 g/mol. The highest BCUT2D eigenvalue weighted by Gasteiger charge is 2.11. The van der Waals surface area contributed by atoms with E-state index in [1.807, 2.05) is 45.0 Å². The molecule has 0 bridgehead atoms. The van der Waals surface area contributed by atoms with Gasteiger partial charge in [-0.05, 0) is 62.6 Å². The molecule has 0 radical (unpaired) electrons. The fourth-order valence-corrected chi connectivity index (χ4v) is 2.88. The van der Waals surface area contributed by atoms with Crippen LogP contribution >= 0.6 is 11.6 Å². The Morgan fingerprint density at radius 2 is 1.87 bits per heavy atom. The van der Waals surface area contributed by atoms with E-state index in [4.69, 9.17) is 21.1 Å². The first-order chi connectivity index (χ1) is 14.5. The number of halogens is 1. The zero-order chi connectivity index (χ0) is 21.9. The van der Waals surface area contributed by atoms with Crippen molar-refractivity contribution in [3.63, 3.8) is 0 Å². The SMILES string of the molecule is CCOc1ccc(CCN/C=C(/C#N)C(=O)Nc2cc(Cl)ccc2C)cc1OCC. The molecule has 2 N–H and O–H groups in total. The number of ether oxygens (including phenoxy) is 2. The molecule has 2 aromatic carbocycles. The lowest BCUT2D eigenvalue weighted by molar-refractivity contribution is -0.112. The quantitative estimate of drug-likeness (QED) is 0.328. The summed E-state index contributed by atoms with van der Waals surface area (Å²) in [5, 5.41) is 15.6. The topological polar surface area (TPSA) is 83.4 Å². The van der Waals surface area contributed by atoms with Crippen LogP contribution in [0.15, 0.2) is 48.2 Å². The summed E-state index contributed by atoms with van der Waals surface area (Å²) in [4.78, 5) is 12.4. The summed E-state index contributed by atoms with van der Waals surface area (Å²) < 4.78 is 11.2. The van der Waals surface area contributed by atoms with Crippen LogP contribution in [0.4, 0.5) is 5.69 Å². The molecule has 0 aliphatic carbocycles. The molecule has 6 nitrogen and oxygen atoms in total. The number of nitriles is 1. The fraction of sp³-hybridized carbons (Fsp3) is 0.304. The molecule has 7 heteroatoms. The summed E-state index contributed by atoms with van der Waals surface area (Å²) in [7, 11) is 0. The minimum atomic E-state index is -0.491. The molecule has 30 heavy (non-hydrogen) atoms. The molecule has 0 spiro atoms. The molecule has 2 aromatic rings. The average Bonchev–Trinajstić information content (AvgIpc) is 2.72. The van der Waals surface area contributed by atoms with Crippen LogP contribution in [0.25, 0.3) is 0 Å². The third-order valence-electron chi connectivity index (χ3n) is 4.23. The molecule has 0 aliphatic heterocycles. The largest absolute Gasteiger partial charge is 0.490 e. The van der Waals surface area contributed by atoms with Gasteiger partial charge in [0.2, 0.25) is 0 Å². The van der Waals surface area contributed by atoms with Gasteiger partial charge in [0.25, 0.3) is 5.91 Å². The Balaban J connectivity index is 1.96. The maximum absolute atomic E-state index is 12.4. The fourth-order valence-electron chi connectivity index (χ4n) is 2.71. The number of anilines is 1. The van der Waals surface area contributed by atoms with Gasteiger partial charge in [0.1, 0.15) is 11.6 Å². The van der Waals surface area contributed by atoms with E-state index in [2.05, 4.69) is 10.6 Å². The van der Waals surface area contributed by atoms with E-state index in [9.17, 15) is 10.1 Å². The van der Waals surface area contributed by atoms with Crippen molar-refractivity contribution in [2.45, 2.75) is 27.2 Å². The van der Waals surface area contributed by atoms with Gasteiger partial charge in [0.05, 0.1) is 13.2 Å². The molecule has 1 amide bonds. The smallest absolute Gasteiger partial charge is 0.267 e. The maximum Gasteiger partial charge on any atom is 0.267 e. The Hall–Kier alpha value is -3.17. The van der Waals surface area contributed by atoms with Gasteiger partial charge in [-0.15, -0.1) is 0 Å². The highest BCUT2D eigenvalue weighted by atomic mass is 35.5. The lowest BCUT2D eigenvalue weighted by Crippen LogP contribution is -2.18. The van der Waals surface area contributed by atoms with E-state index in [-0.39, 0.29) is 5.57 Å². The predicted octanol–water partition coefficient (Wildman–Crippen LogP) is 4.62. The third kappa shape index (κ3) is 6.71. The van der Waals surface area contributed by atoms with Gasteiger partial charge in [-0.25, -0.2) is 0 Å². The van der Waals surface area contributed by atoms with Crippen LogP contribution in [0.2, 0.25) is 5.02 Å². The van der Waals surface area contributed by atoms with Gasteiger partial charge in [-0.3, -0.25) is 4.79 Å². The number of hydrogen-bond donors (Lipinski definition) is 2. The molecule has 0 atom stereocenters. The van der Waals surface area contributed by atoms with Crippen LogP contribution in [0.1, 0.15) is 25.0 Å². The van der Waals surface area contributed by atoms with Gasteiger partial charge in [0, 0.05) is 23.5 Å². The first kappa shape index (κ1) is 23.1. The van der Waals surface area contributed by atoms with E-state index >= 15 is 0 Å². The number of nitrogens with one attached hydrogen (secondary N) is 2. The monoisotopic (exact) mass is 427 g/mol. The number of rotatable bonds is 10. The summed E-state index contributed by atoms with van der Waals surface area (Å²) >= 11 is 5.97. The zero-order valence-electron chi connectivity index (χ0n) is 17.4. The third-order valence-corrected chi connectivity index (χ3v) is 4.46. The van der Waals surface area contributed by atoms with Crippen molar-refractivity contribution >= 4 is 23.2 Å². The number of amides is 1. The van der Waals surface area contributed by atoms with Crippen LogP contribution in [0, 0.1) is 18.3 Å². The van der Waals surface area contributed by atoms with Crippen LogP contribution in [0.5, 0.6) is 11.5 Å². The molecule has 0 heterocycles. The number of aryl methyl sites for hydroxylation is 1. The minimum Gasteiger partial charge on any atom is -0.490 e. The summed E-state index contributed by atoms with van der Waals surface area (Å²) in [6.45, 7) is 7.38. The first-order valence-electron chi connectivity index (χ1n) is 9.78. The summed E-state index contributed by atoms with van der Waals surface area (Å²) in [6.07, 6.45) is 2.12. The van der Waals surface area contributed by atoms with E-state index in [0.29, 0.717) is 42.6 Å². The summed E-state index contributed by atoms with van der Waals surface area (Å²) in [6, 6.07) is 12.9. The van der Waals surface area contributed by atoms with Crippen molar-refractivity contribution in [3.05, 3.63) is 64.3 Å². The van der Waals surface area contributed by atoms with Crippen molar-refractivity contribution in [1.82, 2.24) is 5.32 Å². The molecule has 0 unspecified atom stereocenters. The predicted molar refractivity (Wildman–Crippen MR) is 119 cm³/mol. The molecular formula is C23H26ClN3O3. The molecule has 0 saturated carbocycles. The van der Waals surface area contributed by atoms with Gasteiger partial charge < -0.3 is 20.1 Å². The van der Waals surface area contributed by atoms with E-state index in [0.717, 1.165) is 16.9 Å². The number of carbonyl (C=O) groups is 1. The zero-order valence-corrected chi connectivity index (χ0v) is 18.2. The molecule has 0 fully saturated rings. The number of nitrogens with zero attached hydrogens (tertiary/aromatic N) is 1. The Bertz CT molecular complexity index is 951. The van der Waals surface area contributed by atoms with Crippen molar-refractivity contribution in [2.75, 3.05) is 25.1 Å². The highest BCUT2D eigenvalue weighted by molar-refractivity contribution is 6.31. The van der Waals surface area contributed by atoms with Gasteiger partial charge in [0.15, 0.2) is 11.5 Å². The second-order valence-corrected chi connectivity index (χ2v) is 6.87. The molecule has 0 aliphatic rings. The number of benzene rings is 2. The Morgan fingerprint density at radius 3 is 2.57 bits per heavy atom. The molecule has 2 rings (SSSR count). The van der Waals surface area contributed by atoms with Gasteiger partial charge >= 0.3 is 0 Å². The standard InChI is InChI=1S/C23H26ClN3O3/c1-4-29-21-9-7-17(12-22(21)30-5-2)10-11-26-15-18(14-25)23(28)27-20-13-19(24)8-6-16(20)3/h6-9,12-13,15,26H,4-5,10-11H2,1-3H3,(H,27,28)/b18-15-. The van der Waals surface area contributed by atoms with E-state index in [1.165, 1.54) is 6.20 Å². The minimum absolute atomic E-state index is 0.0175. The lowest BCUT2D eigenvalue weighted by Gasteiger charge is -2.12. The van der Waals surface area contributed by atoms with Crippen molar-refractivity contribution in [1.29, 1.82) is 5.26 Å². The molecular weight excluding hydrogens is 402 g/mol. The highest BCUT2D eigenvalue weighted by Crippen LogP contribution is 2.28. The normalized spacial score (nSPS) is 10.8. The van der Waals surface area contributed by atoms with Crippen molar-refractivity contribution in [3.8, 4) is 17.6 Å². The number of carbonyl (C=O) groups excluding carboxylic acids is 1. The molecule has 0 aromatic heterocycles. The summed E-state index contributed by atoms with van der Waals surface area (Å²) in [5.41, 5.74) is 2.47. The maximum atomic E-state index is 12.4. The molecule has 0 saturated heterocycles.